The summed E-state index contributed by atoms with van der Waals surface area (Å²) in [5.41, 5.74) is 0.458. The first-order valence-corrected chi connectivity index (χ1v) is 8.06. The standard InChI is InChI=1S/C14H18N2O6S/c1-10(17)9-22-14(19)8-16(3)23(20,21)13-6-4-12(5-7-13)15-11(2)18/h4-7H,8-9H2,1-3H3,(H,15,18). The van der Waals surface area contributed by atoms with Gasteiger partial charge in [-0.3, -0.25) is 14.4 Å². The van der Waals surface area contributed by atoms with Gasteiger partial charge < -0.3 is 10.1 Å². The van der Waals surface area contributed by atoms with E-state index in [4.69, 9.17) is 0 Å². The zero-order valence-electron chi connectivity index (χ0n) is 13.0. The number of nitrogens with zero attached hydrogens (tertiary/aromatic N) is 1. The molecule has 1 N–H and O–H groups in total. The zero-order valence-corrected chi connectivity index (χ0v) is 13.8. The summed E-state index contributed by atoms with van der Waals surface area (Å²) in [4.78, 5) is 33.1. The number of carbonyl (C=O) groups is 3. The molecule has 126 valence electrons. The van der Waals surface area contributed by atoms with Gasteiger partial charge in [0, 0.05) is 19.7 Å². The average Bonchev–Trinajstić information content (AvgIpc) is 2.45. The number of amides is 1. The van der Waals surface area contributed by atoms with Crippen LogP contribution in [0.25, 0.3) is 0 Å². The van der Waals surface area contributed by atoms with Gasteiger partial charge in [0.2, 0.25) is 15.9 Å². The second kappa shape index (κ2) is 7.84. The van der Waals surface area contributed by atoms with Crippen LogP contribution in [0.4, 0.5) is 5.69 Å². The molecule has 1 aromatic rings. The minimum absolute atomic E-state index is 0.0338. The minimum atomic E-state index is -3.88. The first-order chi connectivity index (χ1) is 10.6. The number of carbonyl (C=O) groups excluding carboxylic acids is 3. The molecule has 0 aromatic heterocycles. The Morgan fingerprint density at radius 2 is 1.70 bits per heavy atom. The highest BCUT2D eigenvalue weighted by Gasteiger charge is 2.23. The van der Waals surface area contributed by atoms with E-state index in [-0.39, 0.29) is 16.6 Å². The van der Waals surface area contributed by atoms with Crippen molar-refractivity contribution < 1.29 is 27.5 Å². The molecule has 1 aromatic carbocycles. The van der Waals surface area contributed by atoms with E-state index < -0.39 is 29.1 Å². The summed E-state index contributed by atoms with van der Waals surface area (Å²) in [5.74, 6) is -1.43. The first-order valence-electron chi connectivity index (χ1n) is 6.62. The van der Waals surface area contributed by atoms with Gasteiger partial charge in [-0.1, -0.05) is 0 Å². The van der Waals surface area contributed by atoms with Crippen molar-refractivity contribution in [3.05, 3.63) is 24.3 Å². The molecule has 1 rings (SSSR count). The first kappa shape index (κ1) is 18.8. The van der Waals surface area contributed by atoms with Crippen LogP contribution in [0.2, 0.25) is 0 Å². The average molecular weight is 342 g/mol. The van der Waals surface area contributed by atoms with Gasteiger partial charge in [0.25, 0.3) is 0 Å². The quantitative estimate of drug-likeness (QED) is 0.718. The fourth-order valence-electron chi connectivity index (χ4n) is 1.59. The van der Waals surface area contributed by atoms with E-state index in [2.05, 4.69) is 10.1 Å². The molecule has 0 unspecified atom stereocenters. The highest BCUT2D eigenvalue weighted by Crippen LogP contribution is 2.17. The fourth-order valence-corrected chi connectivity index (χ4v) is 2.70. The number of ether oxygens (including phenoxy) is 1. The van der Waals surface area contributed by atoms with Gasteiger partial charge in [-0.2, -0.15) is 4.31 Å². The summed E-state index contributed by atoms with van der Waals surface area (Å²) < 4.78 is 30.1. The van der Waals surface area contributed by atoms with Gasteiger partial charge in [-0.05, 0) is 31.2 Å². The van der Waals surface area contributed by atoms with Crippen molar-refractivity contribution in [2.24, 2.45) is 0 Å². The smallest absolute Gasteiger partial charge is 0.321 e. The van der Waals surface area contributed by atoms with E-state index >= 15 is 0 Å². The SMILES string of the molecule is CC(=O)COC(=O)CN(C)S(=O)(=O)c1ccc(NC(C)=O)cc1. The van der Waals surface area contributed by atoms with Crippen molar-refractivity contribution in [3.8, 4) is 0 Å². The molecule has 0 atom stereocenters. The molecule has 0 fully saturated rings. The monoisotopic (exact) mass is 342 g/mol. The fraction of sp³-hybridized carbons (Fsp3) is 0.357. The number of nitrogens with one attached hydrogen (secondary N) is 1. The third kappa shape index (κ3) is 5.80. The van der Waals surface area contributed by atoms with Crippen LogP contribution in [0.1, 0.15) is 13.8 Å². The number of sulfonamides is 1. The molecule has 1 amide bonds. The van der Waals surface area contributed by atoms with E-state index in [0.717, 1.165) is 4.31 Å². The van der Waals surface area contributed by atoms with Crippen LogP contribution in [0.3, 0.4) is 0 Å². The Morgan fingerprint density at radius 1 is 1.13 bits per heavy atom. The molecule has 0 heterocycles. The largest absolute Gasteiger partial charge is 0.457 e. The number of likely N-dealkylation sites (N-methyl/N-ethyl adjacent to an activating group) is 1. The maximum atomic E-state index is 12.3. The Balaban J connectivity index is 2.78. The molecule has 0 radical (unpaired) electrons. The molecule has 9 heteroatoms. The Labute approximate surface area is 134 Å². The van der Waals surface area contributed by atoms with E-state index in [1.807, 2.05) is 0 Å². The summed E-state index contributed by atoms with van der Waals surface area (Å²) in [6.45, 7) is 1.69. The Morgan fingerprint density at radius 3 is 2.17 bits per heavy atom. The number of anilines is 1. The summed E-state index contributed by atoms with van der Waals surface area (Å²) >= 11 is 0. The Bertz CT molecular complexity index is 696. The molecule has 0 aliphatic rings. The zero-order chi connectivity index (χ0) is 17.6. The van der Waals surface area contributed by atoms with Crippen LogP contribution < -0.4 is 5.32 Å². The van der Waals surface area contributed by atoms with Crippen molar-refractivity contribution >= 4 is 33.4 Å². The van der Waals surface area contributed by atoms with Gasteiger partial charge in [-0.15, -0.1) is 0 Å². The lowest BCUT2D eigenvalue weighted by Crippen LogP contribution is -2.33. The number of Topliss-reactive ketones (excluding diaryl/α,β-unsaturated/α-hetero) is 1. The van der Waals surface area contributed by atoms with Crippen LogP contribution in [0, 0.1) is 0 Å². The molecular weight excluding hydrogens is 324 g/mol. The van der Waals surface area contributed by atoms with Crippen molar-refractivity contribution in [1.82, 2.24) is 4.31 Å². The maximum Gasteiger partial charge on any atom is 0.321 e. The molecule has 0 aliphatic heterocycles. The summed E-state index contributed by atoms with van der Waals surface area (Å²) in [7, 11) is -2.65. The predicted octanol–water partition coefficient (Wildman–Crippen LogP) is 0.398. The Kier molecular flexibility index (Phi) is 6.40. The van der Waals surface area contributed by atoms with Crippen LogP contribution in [0.15, 0.2) is 29.2 Å². The highest BCUT2D eigenvalue weighted by atomic mass is 32.2. The lowest BCUT2D eigenvalue weighted by Gasteiger charge is -2.16. The van der Waals surface area contributed by atoms with Crippen molar-refractivity contribution in [2.75, 3.05) is 25.5 Å². The van der Waals surface area contributed by atoms with Crippen LogP contribution in [-0.4, -0.2) is 50.6 Å². The molecule has 0 saturated heterocycles. The van der Waals surface area contributed by atoms with Crippen LogP contribution in [-0.2, 0) is 29.1 Å². The van der Waals surface area contributed by atoms with Gasteiger partial charge in [0.1, 0.15) is 13.2 Å². The summed E-state index contributed by atoms with van der Waals surface area (Å²) in [5, 5.41) is 2.52. The normalized spacial score (nSPS) is 11.1. The third-order valence-corrected chi connectivity index (χ3v) is 4.49. The molecule has 0 saturated carbocycles. The summed E-state index contributed by atoms with van der Waals surface area (Å²) in [6, 6.07) is 5.52. The topological polar surface area (TPSA) is 110 Å². The van der Waals surface area contributed by atoms with Gasteiger partial charge >= 0.3 is 5.97 Å². The molecular formula is C14H18N2O6S. The third-order valence-electron chi connectivity index (χ3n) is 2.67. The van der Waals surface area contributed by atoms with Gasteiger partial charge in [-0.25, -0.2) is 8.42 Å². The molecule has 0 bridgehead atoms. The van der Waals surface area contributed by atoms with Crippen LogP contribution in [0.5, 0.6) is 0 Å². The second-order valence-corrected chi connectivity index (χ2v) is 6.87. The number of rotatable bonds is 7. The van der Waals surface area contributed by atoms with Gasteiger partial charge in [0.05, 0.1) is 4.90 Å². The molecule has 0 spiro atoms. The lowest BCUT2D eigenvalue weighted by molar-refractivity contribution is -0.147. The Hall–Kier alpha value is -2.26. The van der Waals surface area contributed by atoms with Crippen LogP contribution >= 0.6 is 0 Å². The molecule has 0 aliphatic carbocycles. The molecule has 23 heavy (non-hydrogen) atoms. The van der Waals surface area contributed by atoms with E-state index in [9.17, 15) is 22.8 Å². The maximum absolute atomic E-state index is 12.3. The number of benzene rings is 1. The van der Waals surface area contributed by atoms with Crippen molar-refractivity contribution in [2.45, 2.75) is 18.7 Å². The lowest BCUT2D eigenvalue weighted by atomic mass is 10.3. The van der Waals surface area contributed by atoms with Crippen molar-refractivity contribution in [3.63, 3.8) is 0 Å². The summed E-state index contributed by atoms with van der Waals surface area (Å²) in [6.07, 6.45) is 0. The highest BCUT2D eigenvalue weighted by molar-refractivity contribution is 7.89. The van der Waals surface area contributed by atoms with Gasteiger partial charge in [0.15, 0.2) is 5.78 Å². The number of hydrogen-bond donors (Lipinski definition) is 1. The number of hydrogen-bond acceptors (Lipinski definition) is 6. The molecule has 8 nitrogen and oxygen atoms in total. The van der Waals surface area contributed by atoms with Crippen molar-refractivity contribution in [1.29, 1.82) is 0 Å². The number of ketones is 1. The van der Waals surface area contributed by atoms with E-state index in [1.54, 1.807) is 0 Å². The minimum Gasteiger partial charge on any atom is -0.457 e. The van der Waals surface area contributed by atoms with E-state index in [1.165, 1.54) is 45.2 Å². The number of esters is 1. The van der Waals surface area contributed by atoms with E-state index in [0.29, 0.717) is 5.69 Å². The predicted molar refractivity (Wildman–Crippen MR) is 82.2 cm³/mol. The second-order valence-electron chi connectivity index (χ2n) is 4.83.